The summed E-state index contributed by atoms with van der Waals surface area (Å²) < 4.78 is 0. The third-order valence-electron chi connectivity index (χ3n) is 4.09. The van der Waals surface area contributed by atoms with Crippen molar-refractivity contribution in [2.75, 3.05) is 32.7 Å². The van der Waals surface area contributed by atoms with Crippen LogP contribution in [0.25, 0.3) is 6.08 Å². The summed E-state index contributed by atoms with van der Waals surface area (Å²) in [6.07, 6.45) is 8.23. The highest BCUT2D eigenvalue weighted by Crippen LogP contribution is 2.08. The fourth-order valence-corrected chi connectivity index (χ4v) is 2.78. The van der Waals surface area contributed by atoms with Crippen molar-refractivity contribution in [2.24, 2.45) is 0 Å². The van der Waals surface area contributed by atoms with Crippen LogP contribution in [0.1, 0.15) is 11.1 Å². The maximum absolute atomic E-state index is 4.07. The summed E-state index contributed by atoms with van der Waals surface area (Å²) in [5, 5.41) is 0. The molecule has 1 aromatic heterocycles. The minimum atomic E-state index is 1.04. The Labute approximate surface area is 132 Å². The van der Waals surface area contributed by atoms with Gasteiger partial charge >= 0.3 is 0 Å². The maximum Gasteiger partial charge on any atom is 0.0271 e. The van der Waals surface area contributed by atoms with Crippen molar-refractivity contribution in [1.82, 2.24) is 14.8 Å². The lowest BCUT2D eigenvalue weighted by atomic mass is 10.2. The standard InChI is InChI=1S/C19H23N3/c1-2-5-18(6-3-1)7-4-12-21-13-15-22(16-14-21)17-19-8-10-20-11-9-19/h1-11H,12-17H2/b7-4+. The van der Waals surface area contributed by atoms with Crippen molar-refractivity contribution in [1.29, 1.82) is 0 Å². The van der Waals surface area contributed by atoms with E-state index in [-0.39, 0.29) is 0 Å². The van der Waals surface area contributed by atoms with Crippen molar-refractivity contribution in [3.63, 3.8) is 0 Å². The van der Waals surface area contributed by atoms with Crippen LogP contribution >= 0.6 is 0 Å². The summed E-state index contributed by atoms with van der Waals surface area (Å²) in [4.78, 5) is 9.11. The highest BCUT2D eigenvalue weighted by molar-refractivity contribution is 5.48. The molecule has 3 heteroatoms. The van der Waals surface area contributed by atoms with Gasteiger partial charge in [0, 0.05) is 51.7 Å². The summed E-state index contributed by atoms with van der Waals surface area (Å²) >= 11 is 0. The molecule has 0 unspecified atom stereocenters. The second-order valence-electron chi connectivity index (χ2n) is 5.75. The predicted octanol–water partition coefficient (Wildman–Crippen LogP) is 2.91. The van der Waals surface area contributed by atoms with E-state index in [9.17, 15) is 0 Å². The maximum atomic E-state index is 4.07. The normalized spacial score (nSPS) is 17.1. The molecule has 0 bridgehead atoms. The fraction of sp³-hybridized carbons (Fsp3) is 0.316. The van der Waals surface area contributed by atoms with Crippen LogP contribution in [0, 0.1) is 0 Å². The van der Waals surface area contributed by atoms with E-state index in [4.69, 9.17) is 0 Å². The smallest absolute Gasteiger partial charge is 0.0271 e. The number of hydrogen-bond donors (Lipinski definition) is 0. The van der Waals surface area contributed by atoms with Gasteiger partial charge in [-0.2, -0.15) is 0 Å². The monoisotopic (exact) mass is 293 g/mol. The Balaban J connectivity index is 1.41. The molecule has 22 heavy (non-hydrogen) atoms. The molecule has 0 N–H and O–H groups in total. The molecule has 0 amide bonds. The van der Waals surface area contributed by atoms with Gasteiger partial charge in [0.2, 0.25) is 0 Å². The Morgan fingerprint density at radius 3 is 2.27 bits per heavy atom. The molecular weight excluding hydrogens is 270 g/mol. The number of aromatic nitrogens is 1. The molecule has 1 aliphatic heterocycles. The number of benzene rings is 1. The number of pyridine rings is 1. The lowest BCUT2D eigenvalue weighted by Crippen LogP contribution is -2.45. The van der Waals surface area contributed by atoms with Gasteiger partial charge in [-0.1, -0.05) is 42.5 Å². The Kier molecular flexibility index (Phi) is 5.35. The Hall–Kier alpha value is -1.97. The highest BCUT2D eigenvalue weighted by Gasteiger charge is 2.15. The average Bonchev–Trinajstić information content (AvgIpc) is 2.58. The minimum absolute atomic E-state index is 1.04. The molecule has 2 heterocycles. The molecule has 1 aliphatic rings. The van der Waals surface area contributed by atoms with Gasteiger partial charge in [-0.3, -0.25) is 14.8 Å². The van der Waals surface area contributed by atoms with Crippen LogP contribution in [0.3, 0.4) is 0 Å². The van der Waals surface area contributed by atoms with E-state index < -0.39 is 0 Å². The summed E-state index contributed by atoms with van der Waals surface area (Å²) in [7, 11) is 0. The number of piperazine rings is 1. The van der Waals surface area contributed by atoms with Crippen molar-refractivity contribution >= 4 is 6.08 Å². The van der Waals surface area contributed by atoms with E-state index in [0.29, 0.717) is 0 Å². The number of nitrogens with zero attached hydrogens (tertiary/aromatic N) is 3. The van der Waals surface area contributed by atoms with E-state index in [1.807, 2.05) is 12.4 Å². The third-order valence-corrected chi connectivity index (χ3v) is 4.09. The molecule has 0 atom stereocenters. The molecule has 1 aromatic carbocycles. The van der Waals surface area contributed by atoms with Gasteiger partial charge in [0.25, 0.3) is 0 Å². The summed E-state index contributed by atoms with van der Waals surface area (Å²) in [5.41, 5.74) is 2.63. The van der Waals surface area contributed by atoms with E-state index in [1.54, 1.807) is 0 Å². The Morgan fingerprint density at radius 1 is 0.864 bits per heavy atom. The van der Waals surface area contributed by atoms with Gasteiger partial charge in [0.15, 0.2) is 0 Å². The molecule has 1 saturated heterocycles. The van der Waals surface area contributed by atoms with Crippen LogP contribution in [-0.4, -0.2) is 47.5 Å². The van der Waals surface area contributed by atoms with Gasteiger partial charge in [0.05, 0.1) is 0 Å². The summed E-state index contributed by atoms with van der Waals surface area (Å²) in [6, 6.07) is 14.7. The first-order valence-electron chi connectivity index (χ1n) is 7.95. The van der Waals surface area contributed by atoms with Gasteiger partial charge in [-0.15, -0.1) is 0 Å². The zero-order valence-electron chi connectivity index (χ0n) is 12.9. The second-order valence-corrected chi connectivity index (χ2v) is 5.75. The van der Waals surface area contributed by atoms with Crippen LogP contribution in [-0.2, 0) is 6.54 Å². The lowest BCUT2D eigenvalue weighted by Gasteiger charge is -2.34. The Bertz CT molecular complexity index is 572. The number of hydrogen-bond acceptors (Lipinski definition) is 3. The molecule has 0 radical (unpaired) electrons. The van der Waals surface area contributed by atoms with Crippen molar-refractivity contribution < 1.29 is 0 Å². The molecule has 2 aromatic rings. The molecule has 1 fully saturated rings. The summed E-state index contributed by atoms with van der Waals surface area (Å²) in [6.45, 7) is 6.64. The first kappa shape index (κ1) is 14.9. The largest absolute Gasteiger partial charge is 0.297 e. The quantitative estimate of drug-likeness (QED) is 0.845. The predicted molar refractivity (Wildman–Crippen MR) is 91.4 cm³/mol. The molecule has 114 valence electrons. The first-order chi connectivity index (χ1) is 10.9. The van der Waals surface area contributed by atoms with Gasteiger partial charge in [0.1, 0.15) is 0 Å². The van der Waals surface area contributed by atoms with Gasteiger partial charge in [-0.05, 0) is 23.3 Å². The zero-order chi connectivity index (χ0) is 15.0. The van der Waals surface area contributed by atoms with E-state index in [0.717, 1.165) is 39.3 Å². The lowest BCUT2D eigenvalue weighted by molar-refractivity contribution is 0.137. The molecule has 0 saturated carbocycles. The van der Waals surface area contributed by atoms with E-state index in [2.05, 4.69) is 69.4 Å². The SMILES string of the molecule is C(=C\c1ccccc1)/CN1CCN(Cc2ccncc2)CC1. The van der Waals surface area contributed by atoms with Crippen LogP contribution in [0.4, 0.5) is 0 Å². The fourth-order valence-electron chi connectivity index (χ4n) is 2.78. The molecular formula is C19H23N3. The minimum Gasteiger partial charge on any atom is -0.297 e. The third kappa shape index (κ3) is 4.52. The van der Waals surface area contributed by atoms with Crippen LogP contribution < -0.4 is 0 Å². The molecule has 0 aliphatic carbocycles. The topological polar surface area (TPSA) is 19.4 Å². The highest BCUT2D eigenvalue weighted by atomic mass is 15.3. The van der Waals surface area contributed by atoms with Crippen molar-refractivity contribution in [2.45, 2.75) is 6.54 Å². The van der Waals surface area contributed by atoms with Gasteiger partial charge in [-0.25, -0.2) is 0 Å². The Morgan fingerprint density at radius 2 is 1.55 bits per heavy atom. The van der Waals surface area contributed by atoms with Crippen LogP contribution in [0.15, 0.2) is 60.9 Å². The van der Waals surface area contributed by atoms with Crippen LogP contribution in [0.2, 0.25) is 0 Å². The van der Waals surface area contributed by atoms with E-state index >= 15 is 0 Å². The second kappa shape index (κ2) is 7.87. The first-order valence-corrected chi connectivity index (χ1v) is 7.95. The zero-order valence-corrected chi connectivity index (χ0v) is 12.9. The number of rotatable bonds is 5. The van der Waals surface area contributed by atoms with Crippen molar-refractivity contribution in [3.8, 4) is 0 Å². The molecule has 3 rings (SSSR count). The van der Waals surface area contributed by atoms with Crippen molar-refractivity contribution in [3.05, 3.63) is 72.1 Å². The van der Waals surface area contributed by atoms with E-state index in [1.165, 1.54) is 11.1 Å². The van der Waals surface area contributed by atoms with Crippen LogP contribution in [0.5, 0.6) is 0 Å². The molecule has 0 spiro atoms. The van der Waals surface area contributed by atoms with Gasteiger partial charge < -0.3 is 0 Å². The summed E-state index contributed by atoms with van der Waals surface area (Å²) in [5.74, 6) is 0. The molecule has 3 nitrogen and oxygen atoms in total. The average molecular weight is 293 g/mol.